The van der Waals surface area contributed by atoms with Gasteiger partial charge in [-0.3, -0.25) is 14.0 Å². The molecular weight excluding hydrogens is 629 g/mol. The minimum atomic E-state index is -0.277. The van der Waals surface area contributed by atoms with Crippen LogP contribution in [0, 0.1) is 24.7 Å². The van der Waals surface area contributed by atoms with Crippen molar-refractivity contribution in [2.45, 2.75) is 57.6 Å². The number of rotatable bonds is 9. The van der Waals surface area contributed by atoms with E-state index in [2.05, 4.69) is 31.5 Å². The predicted molar refractivity (Wildman–Crippen MR) is 164 cm³/mol. The molecule has 0 radical (unpaired) electrons. The fourth-order valence-electron chi connectivity index (χ4n) is 7.46. The van der Waals surface area contributed by atoms with Crippen molar-refractivity contribution in [2.24, 2.45) is 17.8 Å². The Balaban J connectivity index is 1.13. The van der Waals surface area contributed by atoms with Crippen LogP contribution in [-0.2, 0) is 16.2 Å². The molecule has 2 N–H and O–H groups in total. The molecule has 4 fully saturated rings. The number of nitrogens with zero attached hydrogens (tertiary/aromatic N) is 3. The monoisotopic (exact) mass is 661 g/mol. The van der Waals surface area contributed by atoms with Crippen LogP contribution in [0.5, 0.6) is 5.75 Å². The predicted octanol–water partition coefficient (Wildman–Crippen LogP) is 5.93. The van der Waals surface area contributed by atoms with E-state index >= 15 is 0 Å². The van der Waals surface area contributed by atoms with E-state index in [1.807, 2.05) is 17.5 Å². The third kappa shape index (κ3) is 5.70. The maximum absolute atomic E-state index is 13.3. The lowest BCUT2D eigenvalue weighted by Crippen LogP contribution is -2.60. The summed E-state index contributed by atoms with van der Waals surface area (Å²) in [6, 6.07) is 7.06. The molecule has 4 bridgehead atoms. The topological polar surface area (TPSA) is 88.0 Å². The molecule has 8 nitrogen and oxygen atoms in total. The number of aryl methyl sites for hydroxylation is 1. The summed E-state index contributed by atoms with van der Waals surface area (Å²) in [4.78, 5) is 32.2. The number of carbonyl (C=O) groups excluding carboxylic acids is 2. The summed E-state index contributed by atoms with van der Waals surface area (Å²) in [6.45, 7) is 2.07. The zero-order chi connectivity index (χ0) is 28.9. The van der Waals surface area contributed by atoms with E-state index in [0.29, 0.717) is 32.7 Å². The molecule has 4 aliphatic rings. The van der Waals surface area contributed by atoms with Gasteiger partial charge >= 0.3 is 0 Å². The molecule has 2 aromatic heterocycles. The summed E-state index contributed by atoms with van der Waals surface area (Å²) in [5.41, 5.74) is 2.56. The molecule has 2 amide bonds. The highest BCUT2D eigenvalue weighted by molar-refractivity contribution is 9.10. The minimum Gasteiger partial charge on any atom is -0.483 e. The molecule has 3 aromatic rings. The highest BCUT2D eigenvalue weighted by atomic mass is 79.9. The van der Waals surface area contributed by atoms with E-state index in [0.717, 1.165) is 28.1 Å². The van der Waals surface area contributed by atoms with Crippen LogP contribution in [0.1, 0.15) is 49.8 Å². The molecule has 218 valence electrons. The van der Waals surface area contributed by atoms with Crippen molar-refractivity contribution < 1.29 is 14.3 Å². The van der Waals surface area contributed by atoms with Crippen molar-refractivity contribution in [1.82, 2.24) is 20.0 Å². The van der Waals surface area contributed by atoms with Gasteiger partial charge in [-0.1, -0.05) is 29.3 Å². The molecule has 0 saturated heterocycles. The van der Waals surface area contributed by atoms with Crippen LogP contribution >= 0.6 is 39.1 Å². The normalized spacial score (nSPS) is 24.6. The van der Waals surface area contributed by atoms with Gasteiger partial charge in [-0.25, -0.2) is 4.98 Å². The maximum Gasteiger partial charge on any atom is 0.246 e. The number of anilines is 1. The number of imidazole rings is 1. The Morgan fingerprint density at radius 2 is 1.73 bits per heavy atom. The van der Waals surface area contributed by atoms with Crippen molar-refractivity contribution in [3.8, 4) is 5.75 Å². The number of halogens is 3. The Hall–Kier alpha value is -2.33. The van der Waals surface area contributed by atoms with Crippen LogP contribution in [0.3, 0.4) is 0 Å². The van der Waals surface area contributed by atoms with Gasteiger partial charge in [0.1, 0.15) is 11.2 Å². The Morgan fingerprint density at radius 3 is 2.37 bits per heavy atom. The van der Waals surface area contributed by atoms with Crippen molar-refractivity contribution in [1.29, 1.82) is 0 Å². The second-order valence-corrected chi connectivity index (χ2v) is 13.5. The second kappa shape index (κ2) is 11.4. The molecule has 41 heavy (non-hydrogen) atoms. The van der Waals surface area contributed by atoms with Crippen LogP contribution in [0.15, 0.2) is 35.1 Å². The van der Waals surface area contributed by atoms with Crippen LogP contribution in [-0.4, -0.2) is 46.9 Å². The SMILES string of the molecule is Cc1nc2c(OCc3c(Cl)cccc3Cl)c(N(C)C(=O)CNC(=O)CNC34CC5CC(CC(C5)C3)C4)ccn2c1Br. The molecule has 0 aliphatic heterocycles. The number of amides is 2. The summed E-state index contributed by atoms with van der Waals surface area (Å²) in [6.07, 6.45) is 9.39. The number of nitrogens with one attached hydrogen (secondary N) is 2. The number of hydrogen-bond acceptors (Lipinski definition) is 5. The van der Waals surface area contributed by atoms with E-state index in [-0.39, 0.29) is 37.0 Å². The quantitative estimate of drug-likeness (QED) is 0.297. The number of hydrogen-bond donors (Lipinski definition) is 2. The third-order valence-electron chi connectivity index (χ3n) is 9.09. The lowest BCUT2D eigenvalue weighted by atomic mass is 9.53. The van der Waals surface area contributed by atoms with E-state index < -0.39 is 0 Å². The lowest BCUT2D eigenvalue weighted by Gasteiger charge is -2.57. The van der Waals surface area contributed by atoms with Crippen LogP contribution in [0.4, 0.5) is 5.69 Å². The average molecular weight is 663 g/mol. The summed E-state index contributed by atoms with van der Waals surface area (Å²) < 4.78 is 8.89. The van der Waals surface area contributed by atoms with Crippen LogP contribution < -0.4 is 20.3 Å². The molecule has 0 atom stereocenters. The average Bonchev–Trinajstić information content (AvgIpc) is 3.22. The molecule has 7 rings (SSSR count). The Bertz CT molecular complexity index is 1450. The highest BCUT2D eigenvalue weighted by Crippen LogP contribution is 2.55. The molecule has 0 spiro atoms. The van der Waals surface area contributed by atoms with Gasteiger partial charge in [-0.2, -0.15) is 0 Å². The molecule has 0 unspecified atom stereocenters. The number of carbonyl (C=O) groups is 2. The smallest absolute Gasteiger partial charge is 0.246 e. The van der Waals surface area contributed by atoms with E-state index in [4.69, 9.17) is 27.9 Å². The van der Waals surface area contributed by atoms with Gasteiger partial charge in [0.15, 0.2) is 11.4 Å². The van der Waals surface area contributed by atoms with Crippen LogP contribution in [0.2, 0.25) is 10.0 Å². The number of benzene rings is 1. The Labute approximate surface area is 258 Å². The summed E-state index contributed by atoms with van der Waals surface area (Å²) in [5, 5.41) is 7.38. The summed E-state index contributed by atoms with van der Waals surface area (Å²) >= 11 is 16.3. The fraction of sp³-hybridized carbons (Fsp3) is 0.500. The number of likely N-dealkylation sites (N-methyl/N-ethyl adjacent to an activating group) is 1. The molecule has 4 saturated carbocycles. The number of pyridine rings is 1. The standard InChI is InChI=1S/C30H34BrCl2N5O3/c1-17-28(31)38-7-6-24(27(29(38)36-17)41-16-21-22(32)4-3-5-23(21)33)37(2)26(40)15-34-25(39)14-35-30-11-18-8-19(12-30)10-20(9-18)13-30/h3-7,18-20,35H,8-16H2,1-2H3,(H,34,39). The van der Waals surface area contributed by atoms with Gasteiger partial charge in [0.05, 0.1) is 24.5 Å². The minimum absolute atomic E-state index is 0.0868. The second-order valence-electron chi connectivity index (χ2n) is 12.0. The zero-order valence-electron chi connectivity index (χ0n) is 23.2. The molecule has 4 aliphatic carbocycles. The van der Waals surface area contributed by atoms with Crippen molar-refractivity contribution in [2.75, 3.05) is 25.0 Å². The van der Waals surface area contributed by atoms with Crippen molar-refractivity contribution in [3.63, 3.8) is 0 Å². The van der Waals surface area contributed by atoms with Gasteiger partial charge < -0.3 is 20.3 Å². The third-order valence-corrected chi connectivity index (χ3v) is 10.8. The van der Waals surface area contributed by atoms with Gasteiger partial charge in [-0.05, 0) is 97.3 Å². The maximum atomic E-state index is 13.3. The zero-order valence-corrected chi connectivity index (χ0v) is 26.3. The number of aromatic nitrogens is 2. The molecule has 1 aromatic carbocycles. The molecule has 2 heterocycles. The van der Waals surface area contributed by atoms with Crippen molar-refractivity contribution in [3.05, 3.63) is 56.4 Å². The first-order valence-corrected chi connectivity index (χ1v) is 15.7. The Kier molecular flexibility index (Phi) is 8.00. The first-order chi connectivity index (χ1) is 19.6. The molecular formula is C30H34BrCl2N5O3. The summed E-state index contributed by atoms with van der Waals surface area (Å²) in [7, 11) is 1.66. The van der Waals surface area contributed by atoms with E-state index in [9.17, 15) is 9.59 Å². The van der Waals surface area contributed by atoms with Crippen molar-refractivity contribution >= 4 is 62.3 Å². The van der Waals surface area contributed by atoms with Gasteiger partial charge in [0.25, 0.3) is 0 Å². The lowest BCUT2D eigenvalue weighted by molar-refractivity contribution is -0.125. The van der Waals surface area contributed by atoms with E-state index in [1.54, 1.807) is 31.3 Å². The summed E-state index contributed by atoms with van der Waals surface area (Å²) in [5.74, 6) is 2.36. The Morgan fingerprint density at radius 1 is 1.10 bits per heavy atom. The van der Waals surface area contributed by atoms with Crippen LogP contribution in [0.25, 0.3) is 5.65 Å². The largest absolute Gasteiger partial charge is 0.483 e. The molecule has 11 heteroatoms. The number of fused-ring (bicyclic) bond motifs is 1. The van der Waals surface area contributed by atoms with E-state index in [1.165, 1.54) is 43.4 Å². The first kappa shape index (κ1) is 28.8. The van der Waals surface area contributed by atoms with Gasteiger partial charge in [0.2, 0.25) is 11.8 Å². The first-order valence-electron chi connectivity index (χ1n) is 14.1. The van der Waals surface area contributed by atoms with Gasteiger partial charge in [-0.15, -0.1) is 0 Å². The fourth-order valence-corrected chi connectivity index (χ4v) is 8.34. The highest BCUT2D eigenvalue weighted by Gasteiger charge is 2.50. The van der Waals surface area contributed by atoms with Gasteiger partial charge in [0, 0.05) is 34.4 Å². The number of ether oxygens (including phenoxy) is 1.